The van der Waals surface area contributed by atoms with E-state index in [0.717, 1.165) is 29.7 Å². The van der Waals surface area contributed by atoms with Crippen LogP contribution in [0.25, 0.3) is 11.3 Å². The van der Waals surface area contributed by atoms with E-state index in [-0.39, 0.29) is 17.9 Å². The Morgan fingerprint density at radius 2 is 2.07 bits per heavy atom. The molecule has 27 heavy (non-hydrogen) atoms. The first-order chi connectivity index (χ1) is 13.2. The Labute approximate surface area is 157 Å². The molecule has 5 nitrogen and oxygen atoms in total. The fourth-order valence-corrected chi connectivity index (χ4v) is 4.75. The molecule has 3 atom stereocenters. The largest absolute Gasteiger partial charge is 0.388 e. The number of nitrogens with one attached hydrogen (secondary N) is 1. The lowest BCUT2D eigenvalue weighted by molar-refractivity contribution is 0.0719. The summed E-state index contributed by atoms with van der Waals surface area (Å²) < 4.78 is 2.20. The molecule has 0 spiro atoms. The molecule has 2 N–H and O–H groups in total. The number of nitrogens with zero attached hydrogens (tertiary/aromatic N) is 2. The molecule has 0 fully saturated rings. The Kier molecular flexibility index (Phi) is 3.65. The molecule has 2 aromatic carbocycles. The van der Waals surface area contributed by atoms with Gasteiger partial charge in [-0.15, -0.1) is 0 Å². The fourth-order valence-electron chi connectivity index (χ4n) is 4.75. The van der Waals surface area contributed by atoms with Crippen molar-refractivity contribution in [2.45, 2.75) is 25.0 Å². The zero-order valence-electron chi connectivity index (χ0n) is 15.1. The second-order valence-corrected chi connectivity index (χ2v) is 7.36. The molecule has 136 valence electrons. The second-order valence-electron chi connectivity index (χ2n) is 7.36. The maximum Gasteiger partial charge on any atom is 0.251 e. The first-order valence-electron chi connectivity index (χ1n) is 9.33. The van der Waals surface area contributed by atoms with Gasteiger partial charge in [-0.2, -0.15) is 0 Å². The number of carbonyl (C=O) groups is 1. The molecule has 1 amide bonds. The summed E-state index contributed by atoms with van der Waals surface area (Å²) in [5.41, 5.74) is 6.22. The minimum absolute atomic E-state index is 0.0694. The third-order valence-electron chi connectivity index (χ3n) is 6.03. The van der Waals surface area contributed by atoms with E-state index in [1.807, 2.05) is 30.7 Å². The number of aliphatic hydroxyl groups is 1. The standard InChI is InChI=1S/C22H21N3O2/c1-23-22(27)14-7-8-15-13(10-14)6-9-18(21(15)26)20-17-5-3-2-4-16(17)19-11-24-12-25(19)20/h2-5,7-8,10-12,18,20-21,26H,6,9H2,1H3,(H,23,27)/t18-,20?,21+/m0/s1. The molecule has 1 unspecified atom stereocenters. The average molecular weight is 359 g/mol. The number of aromatic nitrogens is 2. The monoisotopic (exact) mass is 359 g/mol. The Bertz CT molecular complexity index is 1040. The number of imidazole rings is 1. The van der Waals surface area contributed by atoms with Crippen LogP contribution in [0.4, 0.5) is 0 Å². The number of rotatable bonds is 2. The summed E-state index contributed by atoms with van der Waals surface area (Å²) in [5, 5.41) is 13.9. The third kappa shape index (κ3) is 2.35. The van der Waals surface area contributed by atoms with Gasteiger partial charge in [-0.3, -0.25) is 4.79 Å². The van der Waals surface area contributed by atoms with Crippen LogP contribution in [0, 0.1) is 5.92 Å². The lowest BCUT2D eigenvalue weighted by Gasteiger charge is -2.35. The van der Waals surface area contributed by atoms with Gasteiger partial charge in [-0.1, -0.05) is 30.3 Å². The summed E-state index contributed by atoms with van der Waals surface area (Å²) in [6, 6.07) is 14.1. The zero-order chi connectivity index (χ0) is 18.5. The molecule has 5 heteroatoms. The molecule has 2 aliphatic rings. The van der Waals surface area contributed by atoms with Crippen molar-refractivity contribution < 1.29 is 9.90 Å². The predicted molar refractivity (Wildman–Crippen MR) is 102 cm³/mol. The molecule has 1 aliphatic carbocycles. The van der Waals surface area contributed by atoms with Crippen LogP contribution in [-0.2, 0) is 6.42 Å². The highest BCUT2D eigenvalue weighted by molar-refractivity contribution is 5.94. The third-order valence-corrected chi connectivity index (χ3v) is 6.03. The Balaban J connectivity index is 1.54. The lowest BCUT2D eigenvalue weighted by atomic mass is 9.75. The molecule has 3 aromatic rings. The SMILES string of the molecule is CNC(=O)c1ccc2c(c1)CC[C@@H](C1c3ccccc3-c3cncn31)[C@@H]2O. The van der Waals surface area contributed by atoms with Crippen LogP contribution in [0.15, 0.2) is 55.0 Å². The number of hydrogen-bond acceptors (Lipinski definition) is 3. The van der Waals surface area contributed by atoms with Gasteiger partial charge in [0.15, 0.2) is 0 Å². The number of carbonyl (C=O) groups excluding carboxylic acids is 1. The van der Waals surface area contributed by atoms with E-state index in [2.05, 4.69) is 33.1 Å². The summed E-state index contributed by atoms with van der Waals surface area (Å²) in [6.07, 6.45) is 4.92. The molecule has 1 aliphatic heterocycles. The van der Waals surface area contributed by atoms with Crippen LogP contribution in [0.5, 0.6) is 0 Å². The topological polar surface area (TPSA) is 67.2 Å². The summed E-state index contributed by atoms with van der Waals surface area (Å²) >= 11 is 0. The van der Waals surface area contributed by atoms with Gasteiger partial charge >= 0.3 is 0 Å². The van der Waals surface area contributed by atoms with Crippen molar-refractivity contribution in [3.05, 3.63) is 77.2 Å². The molecule has 0 saturated heterocycles. The molecule has 2 heterocycles. The number of aliphatic hydroxyl groups excluding tert-OH is 1. The van der Waals surface area contributed by atoms with E-state index in [9.17, 15) is 9.90 Å². The lowest BCUT2D eigenvalue weighted by Crippen LogP contribution is -2.29. The molecular weight excluding hydrogens is 338 g/mol. The van der Waals surface area contributed by atoms with E-state index in [4.69, 9.17) is 0 Å². The zero-order valence-corrected chi connectivity index (χ0v) is 15.1. The van der Waals surface area contributed by atoms with Gasteiger partial charge in [0, 0.05) is 24.1 Å². The van der Waals surface area contributed by atoms with Crippen LogP contribution in [0.1, 0.15) is 45.6 Å². The van der Waals surface area contributed by atoms with E-state index >= 15 is 0 Å². The van der Waals surface area contributed by atoms with E-state index in [1.165, 1.54) is 11.1 Å². The van der Waals surface area contributed by atoms with Crippen LogP contribution >= 0.6 is 0 Å². The molecule has 0 bridgehead atoms. The van der Waals surface area contributed by atoms with E-state index < -0.39 is 6.10 Å². The van der Waals surface area contributed by atoms with Gasteiger partial charge in [0.05, 0.1) is 30.4 Å². The van der Waals surface area contributed by atoms with Gasteiger partial charge in [0.2, 0.25) is 0 Å². The summed E-state index contributed by atoms with van der Waals surface area (Å²) in [4.78, 5) is 16.2. The first kappa shape index (κ1) is 16.3. The average Bonchev–Trinajstić information content (AvgIpc) is 3.29. The minimum atomic E-state index is -0.570. The van der Waals surface area contributed by atoms with Crippen molar-refractivity contribution in [1.29, 1.82) is 0 Å². The highest BCUT2D eigenvalue weighted by atomic mass is 16.3. The van der Waals surface area contributed by atoms with Gasteiger partial charge in [0.25, 0.3) is 5.91 Å². The van der Waals surface area contributed by atoms with Crippen molar-refractivity contribution in [1.82, 2.24) is 14.9 Å². The van der Waals surface area contributed by atoms with Crippen LogP contribution < -0.4 is 5.32 Å². The normalized spacial score (nSPS) is 22.7. The maximum atomic E-state index is 11.9. The van der Waals surface area contributed by atoms with Crippen molar-refractivity contribution in [2.24, 2.45) is 5.92 Å². The highest BCUT2D eigenvalue weighted by Crippen LogP contribution is 2.49. The number of aryl methyl sites for hydroxylation is 1. The number of benzene rings is 2. The minimum Gasteiger partial charge on any atom is -0.388 e. The van der Waals surface area contributed by atoms with Gasteiger partial charge in [0.1, 0.15) is 0 Å². The van der Waals surface area contributed by atoms with Crippen molar-refractivity contribution >= 4 is 5.91 Å². The van der Waals surface area contributed by atoms with E-state index in [1.54, 1.807) is 13.1 Å². The maximum absolute atomic E-state index is 11.9. The smallest absolute Gasteiger partial charge is 0.251 e. The van der Waals surface area contributed by atoms with Crippen molar-refractivity contribution in [3.8, 4) is 11.3 Å². The van der Waals surface area contributed by atoms with Crippen LogP contribution in [0.2, 0.25) is 0 Å². The molecule has 0 radical (unpaired) electrons. The Hall–Kier alpha value is -2.92. The fraction of sp³-hybridized carbons (Fsp3) is 0.273. The van der Waals surface area contributed by atoms with Crippen LogP contribution in [0.3, 0.4) is 0 Å². The van der Waals surface area contributed by atoms with E-state index in [0.29, 0.717) is 5.56 Å². The van der Waals surface area contributed by atoms with Crippen molar-refractivity contribution in [3.63, 3.8) is 0 Å². The summed E-state index contributed by atoms with van der Waals surface area (Å²) in [5.74, 6) is -0.0258. The van der Waals surface area contributed by atoms with Gasteiger partial charge < -0.3 is 15.0 Å². The molecular formula is C22H21N3O2. The van der Waals surface area contributed by atoms with Gasteiger partial charge in [-0.25, -0.2) is 4.98 Å². The summed E-state index contributed by atoms with van der Waals surface area (Å²) in [6.45, 7) is 0. The molecule has 1 aromatic heterocycles. The Morgan fingerprint density at radius 1 is 1.22 bits per heavy atom. The second kappa shape index (κ2) is 6.06. The van der Waals surface area contributed by atoms with Crippen molar-refractivity contribution in [2.75, 3.05) is 7.05 Å². The first-order valence-corrected chi connectivity index (χ1v) is 9.33. The van der Waals surface area contributed by atoms with Crippen LogP contribution in [-0.4, -0.2) is 27.6 Å². The van der Waals surface area contributed by atoms with Gasteiger partial charge in [-0.05, 0) is 41.7 Å². The number of fused-ring (bicyclic) bond motifs is 4. The molecule has 5 rings (SSSR count). The summed E-state index contributed by atoms with van der Waals surface area (Å²) in [7, 11) is 1.63. The predicted octanol–water partition coefficient (Wildman–Crippen LogP) is 3.11. The number of amides is 1. The Morgan fingerprint density at radius 3 is 2.93 bits per heavy atom. The quantitative estimate of drug-likeness (QED) is 0.739. The molecule has 0 saturated carbocycles. The number of hydrogen-bond donors (Lipinski definition) is 2. The highest BCUT2D eigenvalue weighted by Gasteiger charge is 2.40.